The highest BCUT2D eigenvalue weighted by Crippen LogP contribution is 2.62. The van der Waals surface area contributed by atoms with Gasteiger partial charge in [0, 0.05) is 49.3 Å². The second kappa shape index (κ2) is 20.9. The fourth-order valence-electron chi connectivity index (χ4n) is 8.78. The maximum atomic E-state index is 13.4. The molecule has 3 aliphatic rings. The number of aliphatic hydroxyl groups excluding tert-OH is 2. The van der Waals surface area contributed by atoms with E-state index in [-0.39, 0.29) is 61.0 Å². The van der Waals surface area contributed by atoms with E-state index in [1.165, 1.54) is 19.2 Å². The molecule has 15 heteroatoms. The first-order chi connectivity index (χ1) is 29.2. The Bertz CT molecular complexity index is 2030. The molecule has 3 aromatic rings. The largest absolute Gasteiger partial charge is 0.497 e. The van der Waals surface area contributed by atoms with Gasteiger partial charge in [-0.2, -0.15) is 11.8 Å². The Balaban J connectivity index is 1.44. The lowest BCUT2D eigenvalue weighted by Crippen LogP contribution is -2.64. The van der Waals surface area contributed by atoms with Crippen molar-refractivity contribution in [1.82, 2.24) is 0 Å². The third-order valence-corrected chi connectivity index (χ3v) is 12.6. The number of nitro groups is 1. The molecule has 322 valence electrons. The van der Waals surface area contributed by atoms with Crippen molar-refractivity contribution >= 4 is 34.9 Å². The zero-order valence-corrected chi connectivity index (χ0v) is 35.2. The summed E-state index contributed by atoms with van der Waals surface area (Å²) in [5.74, 6) is 1.11. The highest BCUT2D eigenvalue weighted by atomic mass is 32.2. The van der Waals surface area contributed by atoms with Crippen LogP contribution in [0.4, 0.5) is 16.2 Å². The number of hydrogen-bond donors (Lipinski definition) is 3. The van der Waals surface area contributed by atoms with Gasteiger partial charge in [0.25, 0.3) is 5.69 Å². The van der Waals surface area contributed by atoms with E-state index < -0.39 is 16.8 Å². The number of hydrogen-bond acceptors (Lipinski definition) is 13. The molecule has 1 aliphatic heterocycles. The van der Waals surface area contributed by atoms with Crippen LogP contribution >= 0.6 is 11.8 Å². The number of fused-ring (bicyclic) bond motifs is 2. The van der Waals surface area contributed by atoms with Crippen molar-refractivity contribution in [2.45, 2.75) is 75.4 Å². The third-order valence-electron chi connectivity index (χ3n) is 11.4. The molecular formula is C45H55N3O11S. The van der Waals surface area contributed by atoms with Gasteiger partial charge in [-0.3, -0.25) is 15.4 Å². The normalized spacial score (nSPS) is 23.3. The number of anilines is 1. The summed E-state index contributed by atoms with van der Waals surface area (Å²) in [6, 6.07) is 16.7. The minimum absolute atomic E-state index is 0.00365. The summed E-state index contributed by atoms with van der Waals surface area (Å²) in [6.45, 7) is 6.59. The van der Waals surface area contributed by atoms with E-state index in [0.717, 1.165) is 53.8 Å². The molecule has 0 aromatic heterocycles. The van der Waals surface area contributed by atoms with E-state index in [9.17, 15) is 25.1 Å². The SMILES string of the molecule is C=CCOC12Oc3ccc(OC(=O)Nc4ccc(OC)cc4OC)cc3C3C(CCCCO)C(CCCCO)C=C(C(=NOCc4ccc([N+](=O)[O-])cc4)CC1SCC)C32. The van der Waals surface area contributed by atoms with Gasteiger partial charge in [0.1, 0.15) is 29.6 Å². The number of ether oxygens (including phenoxy) is 5. The Hall–Kier alpha value is -5.09. The highest BCUT2D eigenvalue weighted by Gasteiger charge is 2.63. The van der Waals surface area contributed by atoms with E-state index >= 15 is 0 Å². The zero-order chi connectivity index (χ0) is 42.6. The fourth-order valence-corrected chi connectivity index (χ4v) is 9.96. The van der Waals surface area contributed by atoms with E-state index in [4.69, 9.17) is 33.7 Å². The topological polar surface area (TPSA) is 180 Å². The van der Waals surface area contributed by atoms with Crippen LogP contribution in [0, 0.1) is 27.9 Å². The number of nitrogens with one attached hydrogen (secondary N) is 1. The summed E-state index contributed by atoms with van der Waals surface area (Å²) in [6.07, 6.45) is 8.29. The molecule has 2 aliphatic carbocycles. The number of nitrogens with zero attached hydrogens (tertiary/aromatic N) is 2. The molecule has 3 aromatic carbocycles. The number of allylic oxidation sites excluding steroid dienone is 1. The molecular weight excluding hydrogens is 791 g/mol. The van der Waals surface area contributed by atoms with Gasteiger partial charge in [0.15, 0.2) is 0 Å². The summed E-state index contributed by atoms with van der Waals surface area (Å²) in [7, 11) is 3.05. The first-order valence-electron chi connectivity index (χ1n) is 20.5. The number of rotatable bonds is 21. The maximum Gasteiger partial charge on any atom is 0.417 e. The van der Waals surface area contributed by atoms with Crippen LogP contribution in [0.3, 0.4) is 0 Å². The second-order valence-electron chi connectivity index (χ2n) is 15.0. The molecule has 0 spiro atoms. The first-order valence-corrected chi connectivity index (χ1v) is 21.5. The maximum absolute atomic E-state index is 13.4. The van der Waals surface area contributed by atoms with Gasteiger partial charge in [-0.15, -0.1) is 6.58 Å². The number of methoxy groups -OCH3 is 2. The van der Waals surface area contributed by atoms with E-state index in [2.05, 4.69) is 24.9 Å². The van der Waals surface area contributed by atoms with Crippen LogP contribution in [-0.2, 0) is 16.2 Å². The molecule has 6 unspecified atom stereocenters. The monoisotopic (exact) mass is 845 g/mol. The average Bonchev–Trinajstić information content (AvgIpc) is 3.25. The molecule has 1 heterocycles. The molecule has 14 nitrogen and oxygen atoms in total. The Morgan fingerprint density at radius 1 is 1.03 bits per heavy atom. The molecule has 0 radical (unpaired) electrons. The van der Waals surface area contributed by atoms with E-state index in [0.29, 0.717) is 47.9 Å². The summed E-state index contributed by atoms with van der Waals surface area (Å²) < 4.78 is 30.8. The number of carbonyl (C=O) groups is 1. The van der Waals surface area contributed by atoms with Crippen LogP contribution in [0.5, 0.6) is 23.0 Å². The lowest BCUT2D eigenvalue weighted by atomic mass is 9.56. The Morgan fingerprint density at radius 2 is 1.78 bits per heavy atom. The summed E-state index contributed by atoms with van der Waals surface area (Å²) in [4.78, 5) is 30.3. The van der Waals surface area contributed by atoms with Crippen LogP contribution in [0.1, 0.15) is 68.9 Å². The van der Waals surface area contributed by atoms with Crippen molar-refractivity contribution in [1.29, 1.82) is 0 Å². The van der Waals surface area contributed by atoms with Crippen LogP contribution in [-0.4, -0.2) is 77.8 Å². The van der Waals surface area contributed by atoms with E-state index in [1.54, 1.807) is 61.3 Å². The molecule has 60 heavy (non-hydrogen) atoms. The van der Waals surface area contributed by atoms with Crippen molar-refractivity contribution in [2.75, 3.05) is 45.1 Å². The third kappa shape index (κ3) is 9.92. The number of nitro benzene ring substituents is 1. The number of amides is 1. The highest BCUT2D eigenvalue weighted by molar-refractivity contribution is 8.00. The number of aliphatic hydroxyl groups is 2. The summed E-state index contributed by atoms with van der Waals surface area (Å²) in [5, 5.41) is 38.3. The fraction of sp³-hybridized carbons (Fsp3) is 0.467. The number of oxime groups is 1. The first kappa shape index (κ1) is 44.5. The molecule has 6 rings (SSSR count). The minimum atomic E-state index is -1.13. The second-order valence-corrected chi connectivity index (χ2v) is 16.5. The van der Waals surface area contributed by atoms with Gasteiger partial charge in [0.2, 0.25) is 5.79 Å². The number of benzene rings is 3. The Kier molecular flexibility index (Phi) is 15.5. The van der Waals surface area contributed by atoms with Gasteiger partial charge in [-0.05, 0) is 96.9 Å². The molecule has 1 amide bonds. The van der Waals surface area contributed by atoms with Crippen LogP contribution < -0.4 is 24.3 Å². The Morgan fingerprint density at radius 3 is 2.47 bits per heavy atom. The molecule has 1 fully saturated rings. The van der Waals surface area contributed by atoms with Crippen LogP contribution in [0.2, 0.25) is 0 Å². The van der Waals surface area contributed by atoms with Crippen LogP contribution in [0.25, 0.3) is 0 Å². The van der Waals surface area contributed by atoms with Gasteiger partial charge in [0.05, 0.1) is 48.3 Å². The smallest absolute Gasteiger partial charge is 0.417 e. The van der Waals surface area contributed by atoms with Crippen molar-refractivity contribution in [3.8, 4) is 23.0 Å². The zero-order valence-electron chi connectivity index (χ0n) is 34.4. The van der Waals surface area contributed by atoms with Gasteiger partial charge < -0.3 is 38.7 Å². The lowest BCUT2D eigenvalue weighted by Gasteiger charge is -2.58. The quantitative estimate of drug-likeness (QED) is 0.0402. The Labute approximate surface area is 355 Å². The molecule has 6 atom stereocenters. The lowest BCUT2D eigenvalue weighted by molar-refractivity contribution is -0.384. The number of non-ortho nitro benzene ring substituents is 1. The predicted octanol–water partition coefficient (Wildman–Crippen LogP) is 8.81. The number of carbonyl (C=O) groups excluding carboxylic acids is 1. The average molecular weight is 846 g/mol. The van der Waals surface area contributed by atoms with Crippen molar-refractivity contribution < 1.29 is 48.5 Å². The van der Waals surface area contributed by atoms with E-state index in [1.807, 2.05) is 12.1 Å². The number of thioether (sulfide) groups is 1. The summed E-state index contributed by atoms with van der Waals surface area (Å²) in [5.41, 5.74) is 3.73. The predicted molar refractivity (Wildman–Crippen MR) is 230 cm³/mol. The van der Waals surface area contributed by atoms with Gasteiger partial charge in [-0.1, -0.05) is 37.1 Å². The minimum Gasteiger partial charge on any atom is -0.497 e. The van der Waals surface area contributed by atoms with Crippen molar-refractivity contribution in [3.05, 3.63) is 106 Å². The molecule has 1 saturated carbocycles. The van der Waals surface area contributed by atoms with Gasteiger partial charge in [-0.25, -0.2) is 4.79 Å². The van der Waals surface area contributed by atoms with Crippen molar-refractivity contribution in [3.63, 3.8) is 0 Å². The molecule has 0 saturated heterocycles. The number of unbranched alkanes of at least 4 members (excludes halogenated alkanes) is 2. The summed E-state index contributed by atoms with van der Waals surface area (Å²) >= 11 is 1.73. The molecule has 0 bridgehead atoms. The standard InChI is InChI=1S/C45H55N3O11S/c1-5-23-56-45-41(60-6-2)27-38(47-57-28-29-13-15-31(16-14-29)48(52)53)35-24-30(11-7-9-21-49)34(12-8-10-22-50)42(43(35)45)36-25-33(18-20-39(36)59-45)58-44(51)46-37-19-17-32(54-3)26-40(37)55-4/h5,13-20,24-26,30,34,41-43,49-50H,1,6-12,21-23,27-28H2,2-4H3,(H,46,51). The van der Waals surface area contributed by atoms with Crippen molar-refractivity contribution in [2.24, 2.45) is 22.9 Å². The van der Waals surface area contributed by atoms with Crippen LogP contribution in [0.15, 0.2) is 90.1 Å². The molecule has 3 N–H and O–H groups in total. The van der Waals surface area contributed by atoms with Gasteiger partial charge >= 0.3 is 6.09 Å².